The number of piperidine rings is 1. The van der Waals surface area contributed by atoms with Crippen LogP contribution in [0.15, 0.2) is 24.3 Å². The highest BCUT2D eigenvalue weighted by atomic mass is 19.1. The summed E-state index contributed by atoms with van der Waals surface area (Å²) < 4.78 is 24.4. The Bertz CT molecular complexity index is 527. The van der Waals surface area contributed by atoms with E-state index in [1.165, 1.54) is 6.07 Å². The third kappa shape index (κ3) is 5.67. The van der Waals surface area contributed by atoms with Crippen molar-refractivity contribution in [3.05, 3.63) is 30.1 Å². The van der Waals surface area contributed by atoms with Gasteiger partial charge in [-0.05, 0) is 38.8 Å². The van der Waals surface area contributed by atoms with Crippen LogP contribution in [0.1, 0.15) is 26.7 Å². The summed E-state index contributed by atoms with van der Waals surface area (Å²) in [5.41, 5.74) is 0. The molecule has 0 spiro atoms. The van der Waals surface area contributed by atoms with E-state index in [4.69, 9.17) is 9.47 Å². The van der Waals surface area contributed by atoms with Crippen molar-refractivity contribution in [1.82, 2.24) is 10.2 Å². The molecule has 1 heterocycles. The Morgan fingerprint density at radius 2 is 2.25 bits per heavy atom. The van der Waals surface area contributed by atoms with Crippen LogP contribution < -0.4 is 10.1 Å². The SMILES string of the molecule is CCOC[C@H]1CCCN(C(=O)N[C@H](C)COc2ccccc2F)C1. The van der Waals surface area contributed by atoms with Crippen LogP contribution in [0, 0.1) is 11.7 Å². The van der Waals surface area contributed by atoms with E-state index in [2.05, 4.69) is 5.32 Å². The van der Waals surface area contributed by atoms with Gasteiger partial charge in [-0.2, -0.15) is 0 Å². The Labute approximate surface area is 143 Å². The van der Waals surface area contributed by atoms with Crippen molar-refractivity contribution in [3.63, 3.8) is 0 Å². The van der Waals surface area contributed by atoms with Crippen LogP contribution in [0.5, 0.6) is 5.75 Å². The summed E-state index contributed by atoms with van der Waals surface area (Å²) in [6, 6.07) is 5.96. The Hall–Kier alpha value is -1.82. The minimum Gasteiger partial charge on any atom is -0.488 e. The fraction of sp³-hybridized carbons (Fsp3) is 0.611. The summed E-state index contributed by atoms with van der Waals surface area (Å²) >= 11 is 0. The van der Waals surface area contributed by atoms with Crippen molar-refractivity contribution in [3.8, 4) is 5.75 Å². The fourth-order valence-electron chi connectivity index (χ4n) is 2.79. The molecule has 1 aromatic rings. The number of para-hydroxylation sites is 1. The Morgan fingerprint density at radius 1 is 1.46 bits per heavy atom. The van der Waals surface area contributed by atoms with Gasteiger partial charge in [-0.15, -0.1) is 0 Å². The Kier molecular flexibility index (Phi) is 7.31. The third-order valence-electron chi connectivity index (χ3n) is 4.06. The lowest BCUT2D eigenvalue weighted by Crippen LogP contribution is -2.49. The zero-order chi connectivity index (χ0) is 17.4. The maximum Gasteiger partial charge on any atom is 0.317 e. The molecule has 1 N–H and O–H groups in total. The van der Waals surface area contributed by atoms with Crippen LogP contribution in [0.2, 0.25) is 0 Å². The predicted octanol–water partition coefficient (Wildman–Crippen LogP) is 3.05. The fourth-order valence-corrected chi connectivity index (χ4v) is 2.79. The van der Waals surface area contributed by atoms with Gasteiger partial charge in [-0.3, -0.25) is 0 Å². The zero-order valence-electron chi connectivity index (χ0n) is 14.5. The van der Waals surface area contributed by atoms with Gasteiger partial charge in [-0.25, -0.2) is 9.18 Å². The first-order valence-corrected chi connectivity index (χ1v) is 8.60. The van der Waals surface area contributed by atoms with Crippen molar-refractivity contribution in [2.75, 3.05) is 32.9 Å². The Morgan fingerprint density at radius 3 is 3.00 bits per heavy atom. The highest BCUT2D eigenvalue weighted by Crippen LogP contribution is 2.17. The van der Waals surface area contributed by atoms with Gasteiger partial charge in [0, 0.05) is 25.6 Å². The van der Waals surface area contributed by atoms with E-state index in [0.717, 1.165) is 19.4 Å². The van der Waals surface area contributed by atoms with Crippen LogP contribution in [0.4, 0.5) is 9.18 Å². The van der Waals surface area contributed by atoms with Gasteiger partial charge >= 0.3 is 6.03 Å². The molecule has 0 radical (unpaired) electrons. The number of carbonyl (C=O) groups excluding carboxylic acids is 1. The van der Waals surface area contributed by atoms with Crippen molar-refractivity contribution >= 4 is 6.03 Å². The van der Waals surface area contributed by atoms with E-state index >= 15 is 0 Å². The lowest BCUT2D eigenvalue weighted by atomic mass is 9.99. The summed E-state index contributed by atoms with van der Waals surface area (Å²) in [5.74, 6) is 0.202. The van der Waals surface area contributed by atoms with Crippen molar-refractivity contribution in [2.45, 2.75) is 32.7 Å². The summed E-state index contributed by atoms with van der Waals surface area (Å²) in [6.45, 7) is 6.93. The minimum absolute atomic E-state index is 0.0965. The number of ether oxygens (including phenoxy) is 2. The molecule has 0 aliphatic carbocycles. The van der Waals surface area contributed by atoms with Gasteiger partial charge < -0.3 is 19.7 Å². The molecular formula is C18H27FN2O3. The maximum absolute atomic E-state index is 13.5. The lowest BCUT2D eigenvalue weighted by molar-refractivity contribution is 0.0748. The second-order valence-corrected chi connectivity index (χ2v) is 6.21. The minimum atomic E-state index is -0.397. The van der Waals surface area contributed by atoms with Crippen LogP contribution in [-0.4, -0.2) is 49.9 Å². The number of nitrogens with one attached hydrogen (secondary N) is 1. The largest absolute Gasteiger partial charge is 0.488 e. The molecule has 0 unspecified atom stereocenters. The molecule has 134 valence electrons. The van der Waals surface area contributed by atoms with Crippen molar-refractivity contribution < 1.29 is 18.7 Å². The normalized spacial score (nSPS) is 19.0. The molecule has 5 nitrogen and oxygen atoms in total. The summed E-state index contributed by atoms with van der Waals surface area (Å²) in [7, 11) is 0. The van der Waals surface area contributed by atoms with Crippen LogP contribution in [0.3, 0.4) is 0 Å². The molecule has 1 fully saturated rings. The van der Waals surface area contributed by atoms with Crippen LogP contribution >= 0.6 is 0 Å². The van der Waals surface area contributed by atoms with Gasteiger partial charge in [0.25, 0.3) is 0 Å². The number of hydrogen-bond acceptors (Lipinski definition) is 3. The molecular weight excluding hydrogens is 311 g/mol. The first-order valence-electron chi connectivity index (χ1n) is 8.60. The molecule has 1 aliphatic rings. The van der Waals surface area contributed by atoms with E-state index in [1.54, 1.807) is 18.2 Å². The summed E-state index contributed by atoms with van der Waals surface area (Å²) in [4.78, 5) is 14.2. The van der Waals surface area contributed by atoms with Gasteiger partial charge in [0.2, 0.25) is 0 Å². The number of benzene rings is 1. The summed E-state index contributed by atoms with van der Waals surface area (Å²) in [5, 5.41) is 2.91. The van der Waals surface area contributed by atoms with Crippen molar-refractivity contribution in [2.24, 2.45) is 5.92 Å². The van der Waals surface area contributed by atoms with Gasteiger partial charge in [-0.1, -0.05) is 12.1 Å². The molecule has 6 heteroatoms. The third-order valence-corrected chi connectivity index (χ3v) is 4.06. The highest BCUT2D eigenvalue weighted by molar-refractivity contribution is 5.74. The number of nitrogens with zero attached hydrogens (tertiary/aromatic N) is 1. The molecule has 1 aromatic carbocycles. The van der Waals surface area contributed by atoms with E-state index in [-0.39, 0.29) is 24.4 Å². The number of amides is 2. The first kappa shape index (κ1) is 18.5. The average molecular weight is 338 g/mol. The first-order chi connectivity index (χ1) is 11.6. The lowest BCUT2D eigenvalue weighted by Gasteiger charge is -2.33. The average Bonchev–Trinajstić information content (AvgIpc) is 2.59. The van der Waals surface area contributed by atoms with Gasteiger partial charge in [0.05, 0.1) is 12.6 Å². The van der Waals surface area contributed by atoms with E-state index < -0.39 is 5.82 Å². The molecule has 1 aliphatic heterocycles. The van der Waals surface area contributed by atoms with E-state index in [9.17, 15) is 9.18 Å². The van der Waals surface area contributed by atoms with Crippen LogP contribution in [-0.2, 0) is 4.74 Å². The molecule has 0 bridgehead atoms. The number of urea groups is 1. The van der Waals surface area contributed by atoms with E-state index in [1.807, 2.05) is 18.7 Å². The molecule has 24 heavy (non-hydrogen) atoms. The number of carbonyl (C=O) groups is 1. The maximum atomic E-state index is 13.5. The molecule has 1 saturated heterocycles. The Balaban J connectivity index is 1.75. The zero-order valence-corrected chi connectivity index (χ0v) is 14.5. The van der Waals surface area contributed by atoms with E-state index in [0.29, 0.717) is 25.7 Å². The number of likely N-dealkylation sites (tertiary alicyclic amines) is 1. The molecule has 2 rings (SSSR count). The molecule has 2 atom stereocenters. The number of rotatable bonds is 7. The monoisotopic (exact) mass is 338 g/mol. The second kappa shape index (κ2) is 9.47. The molecule has 0 saturated carbocycles. The van der Waals surface area contributed by atoms with Gasteiger partial charge in [0.1, 0.15) is 6.61 Å². The highest BCUT2D eigenvalue weighted by Gasteiger charge is 2.24. The summed E-state index contributed by atoms with van der Waals surface area (Å²) in [6.07, 6.45) is 2.08. The quantitative estimate of drug-likeness (QED) is 0.831. The van der Waals surface area contributed by atoms with Gasteiger partial charge in [0.15, 0.2) is 11.6 Å². The smallest absolute Gasteiger partial charge is 0.317 e. The topological polar surface area (TPSA) is 50.8 Å². The van der Waals surface area contributed by atoms with Crippen molar-refractivity contribution in [1.29, 1.82) is 0 Å². The standard InChI is InChI=1S/C18H27FN2O3/c1-3-23-13-15-7-6-10-21(11-15)18(22)20-14(2)12-24-17-9-5-4-8-16(17)19/h4-5,8-9,14-15H,3,6-7,10-13H2,1-2H3,(H,20,22)/t14-,15+/m1/s1. The molecule has 2 amide bonds. The predicted molar refractivity (Wildman–Crippen MR) is 90.7 cm³/mol. The number of hydrogen-bond donors (Lipinski definition) is 1. The van der Waals surface area contributed by atoms with Crippen LogP contribution in [0.25, 0.3) is 0 Å². The number of halogens is 1. The second-order valence-electron chi connectivity index (χ2n) is 6.21. The molecule has 0 aromatic heterocycles.